The summed E-state index contributed by atoms with van der Waals surface area (Å²) in [6.45, 7) is 8.86. The number of benzene rings is 2. The summed E-state index contributed by atoms with van der Waals surface area (Å²) >= 11 is 0. The maximum Gasteiger partial charge on any atom is 0.322 e. The van der Waals surface area contributed by atoms with Gasteiger partial charge in [-0.25, -0.2) is 23.3 Å². The minimum Gasteiger partial charge on any atom is -0.421 e. The van der Waals surface area contributed by atoms with Crippen LogP contribution in [0.25, 0.3) is 27.9 Å². The van der Waals surface area contributed by atoms with Crippen molar-refractivity contribution in [3.05, 3.63) is 101 Å². The smallest absolute Gasteiger partial charge is 0.322 e. The molecule has 3 aromatic heterocycles. The molecule has 0 saturated carbocycles. The molecule has 9 nitrogen and oxygen atoms in total. The lowest BCUT2D eigenvalue weighted by Crippen LogP contribution is -2.28. The number of hydrogen-bond acceptors (Lipinski definition) is 6. The van der Waals surface area contributed by atoms with Gasteiger partial charge in [-0.1, -0.05) is 12.6 Å². The van der Waals surface area contributed by atoms with Crippen molar-refractivity contribution in [2.45, 2.75) is 27.2 Å². The molecule has 43 heavy (non-hydrogen) atoms. The van der Waals surface area contributed by atoms with Gasteiger partial charge in [0.05, 0.1) is 22.5 Å². The Bertz CT molecular complexity index is 2000. The van der Waals surface area contributed by atoms with Crippen molar-refractivity contribution < 1.29 is 23.1 Å². The van der Waals surface area contributed by atoms with Crippen LogP contribution in [0.2, 0.25) is 0 Å². The van der Waals surface area contributed by atoms with E-state index in [1.165, 1.54) is 23.2 Å². The first-order valence-corrected chi connectivity index (χ1v) is 13.4. The van der Waals surface area contributed by atoms with Gasteiger partial charge in [-0.2, -0.15) is 5.10 Å². The van der Waals surface area contributed by atoms with Crippen molar-refractivity contribution in [3.63, 3.8) is 0 Å². The van der Waals surface area contributed by atoms with Gasteiger partial charge in [0.1, 0.15) is 0 Å². The van der Waals surface area contributed by atoms with E-state index in [4.69, 9.17) is 15.6 Å². The molecule has 0 fully saturated rings. The van der Waals surface area contributed by atoms with Crippen LogP contribution >= 0.6 is 0 Å². The lowest BCUT2D eigenvalue weighted by atomic mass is 9.93. The largest absolute Gasteiger partial charge is 0.421 e. The first-order valence-electron chi connectivity index (χ1n) is 13.4. The van der Waals surface area contributed by atoms with Gasteiger partial charge in [-0.3, -0.25) is 9.59 Å². The van der Waals surface area contributed by atoms with E-state index >= 15 is 4.39 Å². The molecule has 1 aliphatic rings. The topological polar surface area (TPSA) is 116 Å². The Morgan fingerprint density at radius 1 is 1.05 bits per heavy atom. The second kappa shape index (κ2) is 10.4. The lowest BCUT2D eigenvalue weighted by Gasteiger charge is -2.18. The number of hydrogen-bond donors (Lipinski definition) is 1. The van der Waals surface area contributed by atoms with Crippen LogP contribution in [0.5, 0.6) is 11.8 Å². The van der Waals surface area contributed by atoms with Crippen molar-refractivity contribution in [2.75, 3.05) is 11.4 Å². The molecule has 2 aromatic carbocycles. The molecular weight excluding hydrogens is 554 g/mol. The van der Waals surface area contributed by atoms with Gasteiger partial charge in [-0.15, -0.1) is 0 Å². The number of ether oxygens (including phenoxy) is 1. The fourth-order valence-corrected chi connectivity index (χ4v) is 5.47. The maximum atomic E-state index is 15.6. The molecule has 6 rings (SSSR count). The van der Waals surface area contributed by atoms with Crippen LogP contribution in [0, 0.1) is 26.6 Å². The highest BCUT2D eigenvalue weighted by Gasteiger charge is 2.31. The SMILES string of the molecule is C=C(F)C(=O)N1CCc2cc(-c3c(-c4ccc(Oc5nccc(C)n5)c(F)c4)c(C(N)=O)c4ccc(C)nn34)c(C)cc21. The quantitative estimate of drug-likeness (QED) is 0.254. The summed E-state index contributed by atoms with van der Waals surface area (Å²) in [5, 5.41) is 4.69. The Balaban J connectivity index is 1.56. The average molecular weight is 581 g/mol. The first-order chi connectivity index (χ1) is 20.5. The molecular formula is C32H26F2N6O3. The Morgan fingerprint density at radius 3 is 2.53 bits per heavy atom. The Hall–Kier alpha value is -5.45. The number of carbonyl (C=O) groups is 2. The van der Waals surface area contributed by atoms with E-state index in [0.717, 1.165) is 11.1 Å². The van der Waals surface area contributed by atoms with Crippen LogP contribution in [0.15, 0.2) is 67.1 Å². The van der Waals surface area contributed by atoms with E-state index in [1.54, 1.807) is 41.8 Å². The van der Waals surface area contributed by atoms with Crippen molar-refractivity contribution in [1.29, 1.82) is 0 Å². The number of aryl methyl sites for hydroxylation is 3. The molecule has 0 radical (unpaired) electrons. The second-order valence-electron chi connectivity index (χ2n) is 10.4. The molecule has 2 amide bonds. The van der Waals surface area contributed by atoms with Crippen LogP contribution in [0.3, 0.4) is 0 Å². The van der Waals surface area contributed by atoms with E-state index < -0.39 is 23.5 Å². The van der Waals surface area contributed by atoms with Crippen LogP contribution < -0.4 is 15.4 Å². The summed E-state index contributed by atoms with van der Waals surface area (Å²) in [4.78, 5) is 34.9. The predicted octanol–water partition coefficient (Wildman–Crippen LogP) is 5.79. The third kappa shape index (κ3) is 4.78. The van der Waals surface area contributed by atoms with Gasteiger partial charge >= 0.3 is 6.01 Å². The van der Waals surface area contributed by atoms with Gasteiger partial charge in [0.25, 0.3) is 11.8 Å². The summed E-state index contributed by atoms with van der Waals surface area (Å²) < 4.78 is 36.5. The number of carbonyl (C=O) groups excluding carboxylic acids is 2. The maximum absolute atomic E-state index is 15.6. The molecule has 4 heterocycles. The molecule has 216 valence electrons. The fraction of sp³-hybridized carbons (Fsp3) is 0.156. The third-order valence-electron chi connectivity index (χ3n) is 7.42. The number of nitrogens with two attached hydrogens (primary N) is 1. The summed E-state index contributed by atoms with van der Waals surface area (Å²) in [6.07, 6.45) is 2.00. The van der Waals surface area contributed by atoms with Gasteiger partial charge in [0.2, 0.25) is 0 Å². The minimum absolute atomic E-state index is 0.00271. The number of primary amides is 1. The molecule has 0 spiro atoms. The number of rotatable bonds is 6. The monoisotopic (exact) mass is 580 g/mol. The summed E-state index contributed by atoms with van der Waals surface area (Å²) in [5.74, 6) is -3.34. The van der Waals surface area contributed by atoms with Crippen LogP contribution in [0.4, 0.5) is 14.5 Å². The molecule has 0 bridgehead atoms. The highest BCUT2D eigenvalue weighted by Crippen LogP contribution is 2.44. The normalized spacial score (nSPS) is 12.4. The van der Waals surface area contributed by atoms with Crippen molar-refractivity contribution in [3.8, 4) is 34.1 Å². The zero-order chi connectivity index (χ0) is 30.6. The van der Waals surface area contributed by atoms with Gasteiger partial charge in [-0.05, 0) is 86.3 Å². The first kappa shape index (κ1) is 27.7. The molecule has 2 N–H and O–H groups in total. The van der Waals surface area contributed by atoms with E-state index in [2.05, 4.69) is 16.5 Å². The number of aromatic nitrogens is 4. The Morgan fingerprint density at radius 2 is 1.84 bits per heavy atom. The lowest BCUT2D eigenvalue weighted by molar-refractivity contribution is -0.116. The standard InChI is InChI=1S/C32H26F2N6O3/c1-16-13-25-20(10-12-39(25)31(42)19(4)33)14-22(16)29-27(28(30(35)41)24-7-5-18(3)38-40(24)29)21-6-8-26(23(34)15-21)43-32-36-11-9-17(2)37-32/h5-9,11,13-15H,4,10,12H2,1-3H3,(H2,35,41). The van der Waals surface area contributed by atoms with Gasteiger partial charge in [0.15, 0.2) is 17.4 Å². The fourth-order valence-electron chi connectivity index (χ4n) is 5.47. The third-order valence-corrected chi connectivity index (χ3v) is 7.42. The van der Waals surface area contributed by atoms with E-state index in [0.29, 0.717) is 57.9 Å². The van der Waals surface area contributed by atoms with Crippen LogP contribution in [-0.2, 0) is 11.2 Å². The summed E-state index contributed by atoms with van der Waals surface area (Å²) in [7, 11) is 0. The summed E-state index contributed by atoms with van der Waals surface area (Å²) in [6, 6.07) is 13.2. The molecule has 1 aliphatic heterocycles. The zero-order valence-corrected chi connectivity index (χ0v) is 23.6. The number of fused-ring (bicyclic) bond motifs is 2. The molecule has 0 unspecified atom stereocenters. The summed E-state index contributed by atoms with van der Waals surface area (Å²) in [5.41, 5.74) is 12.0. The van der Waals surface area contributed by atoms with E-state index in [-0.39, 0.29) is 17.3 Å². The van der Waals surface area contributed by atoms with Crippen molar-refractivity contribution >= 4 is 23.0 Å². The highest BCUT2D eigenvalue weighted by molar-refractivity contribution is 6.11. The van der Waals surface area contributed by atoms with Gasteiger partial charge in [0, 0.05) is 35.2 Å². The van der Waals surface area contributed by atoms with Gasteiger partial charge < -0.3 is 15.4 Å². The number of halogens is 2. The number of amides is 2. The van der Waals surface area contributed by atoms with Crippen molar-refractivity contribution in [1.82, 2.24) is 19.6 Å². The van der Waals surface area contributed by atoms with Crippen LogP contribution in [0.1, 0.15) is 32.9 Å². The number of anilines is 1. The Labute approximate surface area is 245 Å². The minimum atomic E-state index is -1.04. The second-order valence-corrected chi connectivity index (χ2v) is 10.4. The Kier molecular flexibility index (Phi) is 6.72. The highest BCUT2D eigenvalue weighted by atomic mass is 19.1. The van der Waals surface area contributed by atoms with Crippen molar-refractivity contribution in [2.24, 2.45) is 5.73 Å². The van der Waals surface area contributed by atoms with Crippen LogP contribution in [-0.4, -0.2) is 37.9 Å². The molecule has 0 atom stereocenters. The molecule has 5 aromatic rings. The van der Waals surface area contributed by atoms with E-state index in [1.807, 2.05) is 19.9 Å². The average Bonchev–Trinajstić information content (AvgIpc) is 3.51. The zero-order valence-electron chi connectivity index (χ0n) is 23.6. The number of nitrogens with zero attached hydrogens (tertiary/aromatic N) is 5. The molecule has 0 saturated heterocycles. The molecule has 0 aliphatic carbocycles. The van der Waals surface area contributed by atoms with E-state index in [9.17, 15) is 14.0 Å². The molecule has 11 heteroatoms. The predicted molar refractivity (Wildman–Crippen MR) is 157 cm³/mol.